The number of fused-ring (bicyclic) bond motifs is 4. The van der Waals surface area contributed by atoms with E-state index in [1.54, 1.807) is 0 Å². The number of carbonyl (C=O) groups excluding carboxylic acids is 1. The van der Waals surface area contributed by atoms with Crippen LogP contribution in [-0.4, -0.2) is 59.4 Å². The van der Waals surface area contributed by atoms with Crippen LogP contribution in [0.2, 0.25) is 0 Å². The monoisotopic (exact) mass is 429 g/mol. The van der Waals surface area contributed by atoms with Crippen molar-refractivity contribution >= 4 is 12.0 Å². The fourth-order valence-corrected chi connectivity index (χ4v) is 5.69. The Labute approximate surface area is 184 Å². The van der Waals surface area contributed by atoms with Gasteiger partial charge in [-0.25, -0.2) is 0 Å². The van der Waals surface area contributed by atoms with E-state index in [1.165, 1.54) is 0 Å². The van der Waals surface area contributed by atoms with Gasteiger partial charge in [0.25, 0.3) is 5.56 Å². The summed E-state index contributed by atoms with van der Waals surface area (Å²) in [5, 5.41) is 13.4. The lowest BCUT2D eigenvalue weighted by atomic mass is 9.86. The molecule has 4 rings (SSSR count). The van der Waals surface area contributed by atoms with Gasteiger partial charge in [0.05, 0.1) is 12.0 Å². The predicted molar refractivity (Wildman–Crippen MR) is 120 cm³/mol. The van der Waals surface area contributed by atoms with Gasteiger partial charge < -0.3 is 19.7 Å². The van der Waals surface area contributed by atoms with E-state index in [2.05, 4.69) is 10.2 Å². The summed E-state index contributed by atoms with van der Waals surface area (Å²) in [6.45, 7) is 7.45. The fraction of sp³-hybridized carbons (Fsp3) is 0.667. The summed E-state index contributed by atoms with van der Waals surface area (Å²) in [6.07, 6.45) is 6.60. The molecule has 2 bridgehead atoms. The Balaban J connectivity index is 1.75. The molecule has 170 valence electrons. The number of amides is 1. The van der Waals surface area contributed by atoms with E-state index in [4.69, 9.17) is 4.74 Å². The van der Waals surface area contributed by atoms with Gasteiger partial charge in [-0.1, -0.05) is 19.1 Å². The van der Waals surface area contributed by atoms with Crippen LogP contribution >= 0.6 is 0 Å². The molecular formula is C24H35N3O4. The summed E-state index contributed by atoms with van der Waals surface area (Å²) in [7, 11) is 0. The minimum atomic E-state index is -0.359. The lowest BCUT2D eigenvalue weighted by Gasteiger charge is -2.40. The molecule has 2 fully saturated rings. The molecule has 2 saturated heterocycles. The zero-order valence-corrected chi connectivity index (χ0v) is 18.6. The van der Waals surface area contributed by atoms with Crippen molar-refractivity contribution in [3.8, 4) is 0 Å². The van der Waals surface area contributed by atoms with Gasteiger partial charge in [0.1, 0.15) is 0 Å². The van der Waals surface area contributed by atoms with Crippen molar-refractivity contribution in [3.05, 3.63) is 39.8 Å². The Morgan fingerprint density at radius 1 is 1.32 bits per heavy atom. The minimum absolute atomic E-state index is 0.0104. The molecule has 4 atom stereocenters. The number of aliphatic hydroxyl groups excluding tert-OH is 1. The van der Waals surface area contributed by atoms with E-state index in [0.29, 0.717) is 24.6 Å². The number of aromatic nitrogens is 1. The average molecular weight is 430 g/mol. The van der Waals surface area contributed by atoms with Crippen LogP contribution in [0.4, 0.5) is 0 Å². The second-order valence-electron chi connectivity index (χ2n) is 9.06. The lowest BCUT2D eigenvalue weighted by molar-refractivity contribution is -0.127. The third-order valence-corrected chi connectivity index (χ3v) is 7.21. The number of aliphatic hydroxyl groups is 1. The maximum absolute atomic E-state index is 13.3. The molecule has 0 aliphatic carbocycles. The molecule has 0 aromatic carbocycles. The van der Waals surface area contributed by atoms with Crippen molar-refractivity contribution < 1.29 is 14.6 Å². The molecule has 7 heteroatoms. The maximum Gasteiger partial charge on any atom is 0.258 e. The molecule has 0 spiro atoms. The second-order valence-corrected chi connectivity index (χ2v) is 9.06. The molecule has 0 radical (unpaired) electrons. The Bertz CT molecular complexity index is 874. The standard InChI is InChI=1S/C24H35N3O4/c1-3-5-17-6-7-19-22-21(23(29)25-10-4-2)18(15-28)20(14-27(19)24(17)30)26(22)13-16-8-11-31-12-9-16/h3,5-7,16,18,20-22,28H,4,8-15H2,1-2H3,(H,25,29)/b5-3-/t18-,20-,21+,22+/m1/s1. The summed E-state index contributed by atoms with van der Waals surface area (Å²) < 4.78 is 7.39. The number of rotatable bonds is 7. The highest BCUT2D eigenvalue weighted by molar-refractivity contribution is 5.80. The molecule has 31 heavy (non-hydrogen) atoms. The Hall–Kier alpha value is -1.96. The molecule has 7 nitrogen and oxygen atoms in total. The number of nitrogens with one attached hydrogen (secondary N) is 1. The first-order chi connectivity index (χ1) is 15.1. The molecule has 1 aromatic heterocycles. The molecular weight excluding hydrogens is 394 g/mol. The average Bonchev–Trinajstić information content (AvgIpc) is 2.99. The SMILES string of the molecule is C/C=C\c1ccc2n(c1=O)C[C@@H]1[C@@H](CO)[C@H](C(=O)NCCC)[C@H]2N1CC1CCOCC1. The highest BCUT2D eigenvalue weighted by atomic mass is 16.5. The molecule has 4 heterocycles. The number of nitrogens with zero attached hydrogens (tertiary/aromatic N) is 2. The highest BCUT2D eigenvalue weighted by Crippen LogP contribution is 2.48. The summed E-state index contributed by atoms with van der Waals surface area (Å²) in [5.41, 5.74) is 1.55. The highest BCUT2D eigenvalue weighted by Gasteiger charge is 2.55. The predicted octanol–water partition coefficient (Wildman–Crippen LogP) is 1.80. The van der Waals surface area contributed by atoms with Crippen LogP contribution in [0.25, 0.3) is 6.08 Å². The quantitative estimate of drug-likeness (QED) is 0.691. The molecule has 2 N–H and O–H groups in total. The largest absolute Gasteiger partial charge is 0.396 e. The van der Waals surface area contributed by atoms with E-state index < -0.39 is 0 Å². The number of pyridine rings is 1. The van der Waals surface area contributed by atoms with Crippen LogP contribution in [0.15, 0.2) is 23.0 Å². The zero-order valence-electron chi connectivity index (χ0n) is 18.6. The van der Waals surface area contributed by atoms with E-state index in [9.17, 15) is 14.7 Å². The van der Waals surface area contributed by atoms with Gasteiger partial charge in [-0.05, 0) is 44.2 Å². The Morgan fingerprint density at radius 3 is 2.77 bits per heavy atom. The number of allylic oxidation sites excluding steroid dienone is 1. The van der Waals surface area contributed by atoms with E-state index in [0.717, 1.165) is 44.7 Å². The molecule has 1 amide bonds. The van der Waals surface area contributed by atoms with Gasteiger partial charge in [-0.2, -0.15) is 0 Å². The molecule has 3 aliphatic heterocycles. The van der Waals surface area contributed by atoms with Gasteiger partial charge in [0, 0.05) is 62.7 Å². The third-order valence-electron chi connectivity index (χ3n) is 7.21. The summed E-state index contributed by atoms with van der Waals surface area (Å²) in [4.78, 5) is 28.8. The third kappa shape index (κ3) is 4.11. The maximum atomic E-state index is 13.3. The number of hydrogen-bond donors (Lipinski definition) is 2. The van der Waals surface area contributed by atoms with Crippen molar-refractivity contribution in [1.29, 1.82) is 0 Å². The van der Waals surface area contributed by atoms with E-state index >= 15 is 0 Å². The summed E-state index contributed by atoms with van der Waals surface area (Å²) >= 11 is 0. The van der Waals surface area contributed by atoms with Crippen molar-refractivity contribution in [2.45, 2.75) is 51.7 Å². The Morgan fingerprint density at radius 2 is 2.10 bits per heavy atom. The van der Waals surface area contributed by atoms with Gasteiger partial charge in [0.15, 0.2) is 0 Å². The second kappa shape index (κ2) is 9.67. The fourth-order valence-electron chi connectivity index (χ4n) is 5.69. The molecule has 0 unspecified atom stereocenters. The number of hydrogen-bond acceptors (Lipinski definition) is 5. The van der Waals surface area contributed by atoms with Gasteiger partial charge in [0.2, 0.25) is 5.91 Å². The summed E-state index contributed by atoms with van der Waals surface area (Å²) in [5.74, 6) is -0.0480. The minimum Gasteiger partial charge on any atom is -0.396 e. The van der Waals surface area contributed by atoms with Crippen LogP contribution in [0, 0.1) is 17.8 Å². The van der Waals surface area contributed by atoms with Gasteiger partial charge in [-0.15, -0.1) is 0 Å². The van der Waals surface area contributed by atoms with Gasteiger partial charge in [-0.3, -0.25) is 14.5 Å². The van der Waals surface area contributed by atoms with Crippen molar-refractivity contribution in [2.75, 3.05) is 32.9 Å². The van der Waals surface area contributed by atoms with Gasteiger partial charge >= 0.3 is 0 Å². The first kappa shape index (κ1) is 22.2. The Kier molecular flexibility index (Phi) is 6.94. The van der Waals surface area contributed by atoms with E-state index in [-0.39, 0.29) is 42.0 Å². The number of carbonyl (C=O) groups is 1. The molecule has 3 aliphatic rings. The lowest BCUT2D eigenvalue weighted by Crippen LogP contribution is -2.48. The van der Waals surface area contributed by atoms with Crippen LogP contribution in [0.3, 0.4) is 0 Å². The normalized spacial score (nSPS) is 28.7. The van der Waals surface area contributed by atoms with Crippen LogP contribution in [-0.2, 0) is 16.1 Å². The van der Waals surface area contributed by atoms with Crippen LogP contribution in [0.5, 0.6) is 0 Å². The molecule has 0 saturated carbocycles. The molecule has 1 aromatic rings. The number of ether oxygens (including phenoxy) is 1. The van der Waals surface area contributed by atoms with Crippen LogP contribution in [0.1, 0.15) is 50.4 Å². The van der Waals surface area contributed by atoms with Crippen LogP contribution < -0.4 is 10.9 Å². The zero-order chi connectivity index (χ0) is 22.0. The topological polar surface area (TPSA) is 83.8 Å². The van der Waals surface area contributed by atoms with E-state index in [1.807, 2.05) is 42.7 Å². The smallest absolute Gasteiger partial charge is 0.258 e. The van der Waals surface area contributed by atoms with Crippen molar-refractivity contribution in [3.63, 3.8) is 0 Å². The van der Waals surface area contributed by atoms with Crippen molar-refractivity contribution in [1.82, 2.24) is 14.8 Å². The first-order valence-electron chi connectivity index (χ1n) is 11.7. The van der Waals surface area contributed by atoms with Crippen molar-refractivity contribution in [2.24, 2.45) is 17.8 Å². The summed E-state index contributed by atoms with van der Waals surface area (Å²) in [6, 6.07) is 3.66. The first-order valence-corrected chi connectivity index (χ1v) is 11.7.